The average Bonchev–Trinajstić information content (AvgIpc) is 3.35. The Bertz CT molecular complexity index is 652. The molecular formula is C22H27NO2. The minimum absolute atomic E-state index is 0.000150. The largest absolute Gasteiger partial charge is 0.282 e. The fourth-order valence-corrected chi connectivity index (χ4v) is 8.99. The highest BCUT2D eigenvalue weighted by Crippen LogP contribution is 2.66. The molecule has 9 rings (SSSR count). The molecule has 6 bridgehead atoms. The van der Waals surface area contributed by atoms with E-state index in [1.165, 1.54) is 44.9 Å². The van der Waals surface area contributed by atoms with Gasteiger partial charge in [-0.15, -0.1) is 0 Å². The molecule has 25 heavy (non-hydrogen) atoms. The number of amides is 2. The molecule has 9 aliphatic rings. The summed E-state index contributed by atoms with van der Waals surface area (Å²) >= 11 is 0. The van der Waals surface area contributed by atoms with Gasteiger partial charge >= 0.3 is 0 Å². The predicted octanol–water partition coefficient (Wildman–Crippen LogP) is 3.26. The Morgan fingerprint density at radius 3 is 1.76 bits per heavy atom. The molecule has 0 radical (unpaired) electrons. The maximum absolute atomic E-state index is 13.3. The van der Waals surface area contributed by atoms with Gasteiger partial charge in [-0.3, -0.25) is 14.5 Å². The third-order valence-corrected chi connectivity index (χ3v) is 9.41. The monoisotopic (exact) mass is 337 g/mol. The minimum atomic E-state index is 0.000150. The zero-order valence-electron chi connectivity index (χ0n) is 14.8. The van der Waals surface area contributed by atoms with Crippen LogP contribution in [0.3, 0.4) is 0 Å². The maximum Gasteiger partial charge on any atom is 0.233 e. The van der Waals surface area contributed by atoms with Crippen molar-refractivity contribution in [2.75, 3.05) is 6.54 Å². The summed E-state index contributed by atoms with van der Waals surface area (Å²) in [6, 6.07) is 0. The lowest BCUT2D eigenvalue weighted by molar-refractivity contribution is -0.146. The molecule has 1 heterocycles. The zero-order valence-corrected chi connectivity index (χ0v) is 14.8. The number of likely N-dealkylation sites (tertiary alicyclic amines) is 1. The molecule has 0 spiro atoms. The Balaban J connectivity index is 1.21. The lowest BCUT2D eigenvalue weighted by Gasteiger charge is -2.57. The third kappa shape index (κ3) is 1.64. The van der Waals surface area contributed by atoms with Gasteiger partial charge in [0.1, 0.15) is 0 Å². The van der Waals surface area contributed by atoms with Crippen LogP contribution in [0.25, 0.3) is 0 Å². The van der Waals surface area contributed by atoms with Crippen LogP contribution in [-0.2, 0) is 9.59 Å². The molecule has 6 saturated carbocycles. The van der Waals surface area contributed by atoms with E-state index in [-0.39, 0.29) is 29.1 Å². The molecule has 0 N–H and O–H groups in total. The van der Waals surface area contributed by atoms with Crippen LogP contribution in [0.5, 0.6) is 0 Å². The van der Waals surface area contributed by atoms with Crippen LogP contribution in [0.2, 0.25) is 0 Å². The van der Waals surface area contributed by atoms with Crippen molar-refractivity contribution in [3.63, 3.8) is 0 Å². The topological polar surface area (TPSA) is 37.4 Å². The summed E-state index contributed by atoms with van der Waals surface area (Å²) in [5.74, 6) is 5.23. The van der Waals surface area contributed by atoms with Gasteiger partial charge in [-0.05, 0) is 91.8 Å². The van der Waals surface area contributed by atoms with Crippen molar-refractivity contribution in [2.24, 2.45) is 58.7 Å². The number of hydrogen-bond donors (Lipinski definition) is 0. The van der Waals surface area contributed by atoms with Crippen molar-refractivity contribution in [3.05, 3.63) is 12.2 Å². The first kappa shape index (κ1) is 14.0. The number of hydrogen-bond acceptors (Lipinski definition) is 2. The molecule has 132 valence electrons. The number of imide groups is 1. The van der Waals surface area contributed by atoms with E-state index in [1.54, 1.807) is 4.90 Å². The van der Waals surface area contributed by atoms with Gasteiger partial charge in [-0.2, -0.15) is 0 Å². The number of rotatable bonds is 2. The van der Waals surface area contributed by atoms with Crippen molar-refractivity contribution in [1.82, 2.24) is 4.90 Å². The quantitative estimate of drug-likeness (QED) is 0.573. The molecule has 8 aliphatic carbocycles. The van der Waals surface area contributed by atoms with Gasteiger partial charge in [-0.25, -0.2) is 0 Å². The Morgan fingerprint density at radius 1 is 0.800 bits per heavy atom. The lowest BCUT2D eigenvalue weighted by atomic mass is 9.49. The fourth-order valence-electron chi connectivity index (χ4n) is 8.99. The van der Waals surface area contributed by atoms with Crippen LogP contribution in [0.1, 0.15) is 44.9 Å². The number of carbonyl (C=O) groups is 2. The van der Waals surface area contributed by atoms with Crippen LogP contribution in [0.15, 0.2) is 12.2 Å². The van der Waals surface area contributed by atoms with Crippen LogP contribution < -0.4 is 0 Å². The molecule has 0 aromatic rings. The van der Waals surface area contributed by atoms with Gasteiger partial charge in [0, 0.05) is 6.54 Å². The Morgan fingerprint density at radius 2 is 1.28 bits per heavy atom. The van der Waals surface area contributed by atoms with E-state index in [2.05, 4.69) is 12.2 Å². The smallest absolute Gasteiger partial charge is 0.233 e. The zero-order chi connectivity index (χ0) is 16.5. The van der Waals surface area contributed by atoms with E-state index in [9.17, 15) is 9.59 Å². The fraction of sp³-hybridized carbons (Fsp3) is 0.818. The second-order valence-electron chi connectivity index (χ2n) is 10.8. The molecule has 1 aliphatic heterocycles. The van der Waals surface area contributed by atoms with E-state index < -0.39 is 0 Å². The highest BCUT2D eigenvalue weighted by atomic mass is 16.2. The summed E-state index contributed by atoms with van der Waals surface area (Å²) in [6.07, 6.45) is 13.9. The maximum atomic E-state index is 13.3. The van der Waals surface area contributed by atoms with Crippen molar-refractivity contribution in [3.8, 4) is 0 Å². The standard InChI is InChI=1S/C22H27NO2/c24-20-18-14-1-2-15(17-6-16(14)17)19(18)21(25)23(20)10-22-7-11-3-12(8-22)5-13(4-11)9-22/h1-2,11-19H,3-10H2/t11?,12?,13?,14-,15-,16-,17-,18+,19+,22?/m0/s1. The first-order chi connectivity index (χ1) is 12.1. The van der Waals surface area contributed by atoms with Gasteiger partial charge in [0.2, 0.25) is 11.8 Å². The Hall–Kier alpha value is -1.12. The van der Waals surface area contributed by atoms with Crippen LogP contribution in [-0.4, -0.2) is 23.3 Å². The van der Waals surface area contributed by atoms with Crippen LogP contribution >= 0.6 is 0 Å². The van der Waals surface area contributed by atoms with Crippen LogP contribution in [0, 0.1) is 58.7 Å². The summed E-state index contributed by atoms with van der Waals surface area (Å²) < 4.78 is 0. The summed E-state index contributed by atoms with van der Waals surface area (Å²) in [5.41, 5.74) is 0.281. The SMILES string of the molecule is O=C1[C@@H]2[C@H]3C=C[C@@H]([C@@H]4C[C@@H]34)[C@H]2C(=O)N1CC12CC3CC(CC(C3)C1)C2. The van der Waals surface area contributed by atoms with Gasteiger partial charge in [0.15, 0.2) is 0 Å². The van der Waals surface area contributed by atoms with Gasteiger partial charge < -0.3 is 0 Å². The molecule has 3 nitrogen and oxygen atoms in total. The summed E-state index contributed by atoms with van der Waals surface area (Å²) in [5, 5.41) is 0. The summed E-state index contributed by atoms with van der Waals surface area (Å²) in [7, 11) is 0. The second kappa shape index (κ2) is 4.23. The molecule has 2 amide bonds. The molecule has 6 atom stereocenters. The van der Waals surface area contributed by atoms with Crippen molar-refractivity contribution in [2.45, 2.75) is 44.9 Å². The van der Waals surface area contributed by atoms with Crippen LogP contribution in [0.4, 0.5) is 0 Å². The first-order valence-electron chi connectivity index (χ1n) is 10.7. The Kier molecular flexibility index (Phi) is 2.37. The molecule has 0 aromatic heterocycles. The number of carbonyl (C=O) groups excluding carboxylic acids is 2. The normalized spacial score (nSPS) is 59.5. The van der Waals surface area contributed by atoms with E-state index in [0.717, 1.165) is 24.3 Å². The van der Waals surface area contributed by atoms with E-state index >= 15 is 0 Å². The summed E-state index contributed by atoms with van der Waals surface area (Å²) in [6.45, 7) is 0.760. The minimum Gasteiger partial charge on any atom is -0.282 e. The predicted molar refractivity (Wildman–Crippen MR) is 92.0 cm³/mol. The van der Waals surface area contributed by atoms with E-state index in [0.29, 0.717) is 23.7 Å². The van der Waals surface area contributed by atoms with Crippen molar-refractivity contribution < 1.29 is 9.59 Å². The van der Waals surface area contributed by atoms with Gasteiger partial charge in [-0.1, -0.05) is 12.2 Å². The molecule has 1 saturated heterocycles. The molecular weight excluding hydrogens is 310 g/mol. The average molecular weight is 337 g/mol. The first-order valence-corrected chi connectivity index (χ1v) is 10.7. The lowest BCUT2D eigenvalue weighted by Crippen LogP contribution is -2.52. The molecule has 0 unspecified atom stereocenters. The van der Waals surface area contributed by atoms with Crippen molar-refractivity contribution >= 4 is 11.8 Å². The molecule has 0 aromatic carbocycles. The van der Waals surface area contributed by atoms with E-state index in [1.807, 2.05) is 0 Å². The highest BCUT2D eigenvalue weighted by molar-refractivity contribution is 6.06. The Labute approximate surface area is 149 Å². The second-order valence-corrected chi connectivity index (χ2v) is 10.8. The molecule has 3 heteroatoms. The van der Waals surface area contributed by atoms with Gasteiger partial charge in [0.25, 0.3) is 0 Å². The third-order valence-electron chi connectivity index (χ3n) is 9.41. The van der Waals surface area contributed by atoms with Crippen molar-refractivity contribution in [1.29, 1.82) is 0 Å². The number of allylic oxidation sites excluding steroid dienone is 2. The summed E-state index contributed by atoms with van der Waals surface area (Å²) in [4.78, 5) is 28.4. The van der Waals surface area contributed by atoms with E-state index in [4.69, 9.17) is 0 Å². The highest BCUT2D eigenvalue weighted by Gasteiger charge is 2.67. The van der Waals surface area contributed by atoms with Gasteiger partial charge in [0.05, 0.1) is 11.8 Å². The number of nitrogens with zero attached hydrogens (tertiary/aromatic N) is 1. The molecule has 7 fully saturated rings.